The molecule has 7 rings (SSSR count). The van der Waals surface area contributed by atoms with Crippen molar-refractivity contribution in [2.75, 3.05) is 23.8 Å². The molecular formula is C38H39N7O6. The van der Waals surface area contributed by atoms with Gasteiger partial charge in [0.1, 0.15) is 6.10 Å². The molecule has 0 aliphatic carbocycles. The average Bonchev–Trinajstić information content (AvgIpc) is 3.90. The van der Waals surface area contributed by atoms with Crippen molar-refractivity contribution < 1.29 is 29.0 Å². The monoisotopic (exact) mass is 689 g/mol. The number of fused-ring (bicyclic) bond motifs is 1. The molecule has 3 aromatic heterocycles. The van der Waals surface area contributed by atoms with Gasteiger partial charge < -0.3 is 34.8 Å². The Labute approximate surface area is 294 Å². The van der Waals surface area contributed by atoms with E-state index in [0.29, 0.717) is 47.8 Å². The SMILES string of the molecule is CCc1cc([C@H]2O[C@@H](n3cnc4c(NCC(c5ccccc5)c5ccccc5)nc(N[C@H](CO)Cc5ccccc5)nc43)[C@H](OC=O)[C@@H]2O)on1. The minimum Gasteiger partial charge on any atom is -0.457 e. The number of carbonyl (C=O) groups excluding carboxylic acids is 1. The van der Waals surface area contributed by atoms with Crippen LogP contribution in [0.25, 0.3) is 11.2 Å². The number of aliphatic hydroxyl groups is 2. The molecule has 51 heavy (non-hydrogen) atoms. The molecule has 6 aromatic rings. The Morgan fingerprint density at radius 1 is 0.980 bits per heavy atom. The van der Waals surface area contributed by atoms with Gasteiger partial charge in [-0.05, 0) is 29.5 Å². The third kappa shape index (κ3) is 7.31. The Hall–Kier alpha value is -5.63. The van der Waals surface area contributed by atoms with Crippen LogP contribution in [0.2, 0.25) is 0 Å². The average molecular weight is 690 g/mol. The summed E-state index contributed by atoms with van der Waals surface area (Å²) in [6, 6.07) is 31.6. The number of carbonyl (C=O) groups is 1. The molecule has 262 valence electrons. The van der Waals surface area contributed by atoms with Crippen molar-refractivity contribution in [2.45, 2.75) is 56.3 Å². The molecule has 4 heterocycles. The van der Waals surface area contributed by atoms with E-state index >= 15 is 0 Å². The highest BCUT2D eigenvalue weighted by Gasteiger charge is 2.49. The van der Waals surface area contributed by atoms with Gasteiger partial charge in [0.25, 0.3) is 6.47 Å². The van der Waals surface area contributed by atoms with Crippen molar-refractivity contribution in [1.29, 1.82) is 0 Å². The predicted molar refractivity (Wildman–Crippen MR) is 189 cm³/mol. The second-order valence-electron chi connectivity index (χ2n) is 12.4. The lowest BCUT2D eigenvalue weighted by molar-refractivity contribution is -0.142. The van der Waals surface area contributed by atoms with Crippen LogP contribution < -0.4 is 10.6 Å². The summed E-state index contributed by atoms with van der Waals surface area (Å²) in [6.07, 6.45) is -1.70. The summed E-state index contributed by atoms with van der Waals surface area (Å²) in [5, 5.41) is 32.5. The van der Waals surface area contributed by atoms with E-state index in [1.54, 1.807) is 10.6 Å². The lowest BCUT2D eigenvalue weighted by Gasteiger charge is -2.22. The molecule has 1 fully saturated rings. The Bertz CT molecular complexity index is 1990. The van der Waals surface area contributed by atoms with E-state index in [4.69, 9.17) is 24.0 Å². The smallest absolute Gasteiger partial charge is 0.293 e. The van der Waals surface area contributed by atoms with Gasteiger partial charge in [0, 0.05) is 18.5 Å². The quantitative estimate of drug-likeness (QED) is 0.109. The zero-order valence-electron chi connectivity index (χ0n) is 27.9. The maximum atomic E-state index is 11.7. The number of hydrogen-bond donors (Lipinski definition) is 4. The van der Waals surface area contributed by atoms with Crippen LogP contribution in [0.5, 0.6) is 0 Å². The maximum Gasteiger partial charge on any atom is 0.293 e. The van der Waals surface area contributed by atoms with Crippen molar-refractivity contribution >= 4 is 29.4 Å². The van der Waals surface area contributed by atoms with Gasteiger partial charge in [-0.1, -0.05) is 103 Å². The molecular weight excluding hydrogens is 650 g/mol. The molecule has 0 spiro atoms. The fourth-order valence-electron chi connectivity index (χ4n) is 6.48. The predicted octanol–water partition coefficient (Wildman–Crippen LogP) is 4.81. The lowest BCUT2D eigenvalue weighted by Crippen LogP contribution is -2.32. The van der Waals surface area contributed by atoms with Crippen molar-refractivity contribution in [3.8, 4) is 0 Å². The number of hydrogen-bond acceptors (Lipinski definition) is 12. The van der Waals surface area contributed by atoms with Crippen LogP contribution >= 0.6 is 0 Å². The van der Waals surface area contributed by atoms with E-state index in [1.165, 1.54) is 6.33 Å². The van der Waals surface area contributed by atoms with Crippen molar-refractivity contribution in [3.63, 3.8) is 0 Å². The first kappa shape index (κ1) is 33.8. The first-order chi connectivity index (χ1) is 25.1. The Kier molecular flexibility index (Phi) is 10.3. The first-order valence-corrected chi connectivity index (χ1v) is 16.9. The third-order valence-corrected chi connectivity index (χ3v) is 9.10. The highest BCUT2D eigenvalue weighted by molar-refractivity contribution is 5.84. The summed E-state index contributed by atoms with van der Waals surface area (Å²) in [6.45, 7) is 2.52. The molecule has 3 aromatic carbocycles. The molecule has 1 aliphatic rings. The summed E-state index contributed by atoms with van der Waals surface area (Å²) in [7, 11) is 0. The molecule has 0 radical (unpaired) electrons. The van der Waals surface area contributed by atoms with Gasteiger partial charge in [0.2, 0.25) is 5.95 Å². The van der Waals surface area contributed by atoms with Crippen LogP contribution in [0.3, 0.4) is 0 Å². The first-order valence-electron chi connectivity index (χ1n) is 16.9. The zero-order chi connectivity index (χ0) is 35.2. The van der Waals surface area contributed by atoms with Gasteiger partial charge in [-0.25, -0.2) is 4.98 Å². The van der Waals surface area contributed by atoms with Gasteiger partial charge in [-0.3, -0.25) is 9.36 Å². The van der Waals surface area contributed by atoms with Crippen molar-refractivity contribution in [3.05, 3.63) is 132 Å². The molecule has 0 saturated carbocycles. The van der Waals surface area contributed by atoms with Crippen LogP contribution in [-0.4, -0.2) is 72.8 Å². The van der Waals surface area contributed by atoms with E-state index < -0.39 is 30.6 Å². The number of ether oxygens (including phenoxy) is 2. The zero-order valence-corrected chi connectivity index (χ0v) is 27.9. The number of nitrogens with zero attached hydrogens (tertiary/aromatic N) is 5. The minimum atomic E-state index is -1.27. The number of aliphatic hydroxyl groups excluding tert-OH is 2. The molecule has 0 amide bonds. The van der Waals surface area contributed by atoms with Crippen LogP contribution in [0.15, 0.2) is 108 Å². The third-order valence-electron chi connectivity index (χ3n) is 9.10. The van der Waals surface area contributed by atoms with E-state index in [9.17, 15) is 15.0 Å². The molecule has 4 N–H and O–H groups in total. The minimum absolute atomic E-state index is 0.0199. The summed E-state index contributed by atoms with van der Waals surface area (Å²) >= 11 is 0. The van der Waals surface area contributed by atoms with Gasteiger partial charge in [0.05, 0.1) is 24.7 Å². The van der Waals surface area contributed by atoms with Gasteiger partial charge >= 0.3 is 0 Å². The fraction of sp³-hybridized carbons (Fsp3) is 0.289. The van der Waals surface area contributed by atoms with Gasteiger partial charge in [0.15, 0.2) is 41.2 Å². The molecule has 0 bridgehead atoms. The van der Waals surface area contributed by atoms with E-state index in [1.807, 2.05) is 73.7 Å². The molecule has 5 atom stereocenters. The number of anilines is 2. The van der Waals surface area contributed by atoms with Crippen LogP contribution in [0.4, 0.5) is 11.8 Å². The van der Waals surface area contributed by atoms with Crippen molar-refractivity contribution in [1.82, 2.24) is 24.7 Å². The largest absolute Gasteiger partial charge is 0.457 e. The number of rotatable bonds is 15. The highest BCUT2D eigenvalue weighted by Crippen LogP contribution is 2.42. The normalized spacial score (nSPS) is 19.3. The van der Waals surface area contributed by atoms with Gasteiger partial charge in [-0.15, -0.1) is 0 Å². The van der Waals surface area contributed by atoms with Crippen molar-refractivity contribution in [2.24, 2.45) is 0 Å². The van der Waals surface area contributed by atoms with Crippen LogP contribution in [0.1, 0.15) is 53.3 Å². The number of aryl methyl sites for hydroxylation is 1. The van der Waals surface area contributed by atoms with Crippen LogP contribution in [-0.2, 0) is 27.1 Å². The molecule has 0 unspecified atom stereocenters. The Morgan fingerprint density at radius 3 is 2.29 bits per heavy atom. The second-order valence-corrected chi connectivity index (χ2v) is 12.4. The summed E-state index contributed by atoms with van der Waals surface area (Å²) < 4.78 is 18.8. The summed E-state index contributed by atoms with van der Waals surface area (Å²) in [5.41, 5.74) is 4.77. The number of imidazole rings is 1. The number of benzene rings is 3. The molecule has 1 aliphatic heterocycles. The van der Waals surface area contributed by atoms with Crippen LogP contribution in [0, 0.1) is 0 Å². The fourth-order valence-corrected chi connectivity index (χ4v) is 6.48. The maximum absolute atomic E-state index is 11.7. The number of nitrogens with one attached hydrogen (secondary N) is 2. The standard InChI is InChI=1S/C38H39N7O6/c1-2-27-19-30(51-44-27)33-32(48)34(49-23-47)37(50-33)45-22-40-31-35(39-20-29(25-14-8-4-9-15-25)26-16-10-5-11-17-26)42-38(43-36(31)45)41-28(21-46)18-24-12-6-3-7-13-24/h3-17,19,22-23,28-29,32-34,37,46,48H,2,18,20-21H2,1H3,(H2,39,41,42,43)/t28-,32+,33+,34+,37+/m0/s1. The summed E-state index contributed by atoms with van der Waals surface area (Å²) in [4.78, 5) is 26.0. The summed E-state index contributed by atoms with van der Waals surface area (Å²) in [5.74, 6) is 0.974. The lowest BCUT2D eigenvalue weighted by atomic mass is 9.91. The van der Waals surface area contributed by atoms with E-state index in [2.05, 4.69) is 45.0 Å². The van der Waals surface area contributed by atoms with E-state index in [-0.39, 0.29) is 24.9 Å². The topological polar surface area (TPSA) is 170 Å². The second kappa shape index (κ2) is 15.5. The Morgan fingerprint density at radius 2 is 1.67 bits per heavy atom. The highest BCUT2D eigenvalue weighted by atomic mass is 16.6. The number of aromatic nitrogens is 5. The molecule has 13 nitrogen and oxygen atoms in total. The molecule has 1 saturated heterocycles. The molecule has 13 heteroatoms. The van der Waals surface area contributed by atoms with E-state index in [0.717, 1.165) is 16.7 Å². The van der Waals surface area contributed by atoms with Gasteiger partial charge in [-0.2, -0.15) is 9.97 Å². The Balaban J connectivity index is 1.27.